The molecule has 0 bridgehead atoms. The van der Waals surface area contributed by atoms with Gasteiger partial charge in [-0.25, -0.2) is 4.39 Å². The van der Waals surface area contributed by atoms with Crippen molar-refractivity contribution in [3.63, 3.8) is 0 Å². The number of nitrogens with zero attached hydrogens (tertiary/aromatic N) is 1. The van der Waals surface area contributed by atoms with Crippen molar-refractivity contribution in [1.29, 1.82) is 0 Å². The average Bonchev–Trinajstić information content (AvgIpc) is 3.34. The summed E-state index contributed by atoms with van der Waals surface area (Å²) >= 11 is 0. The number of carbonyl (C=O) groups excluding carboxylic acids is 3. The number of phenolic OH excluding ortho intramolecular Hbond substituents is 1. The lowest BCUT2D eigenvalue weighted by Crippen LogP contribution is -2.55. The van der Waals surface area contributed by atoms with Crippen molar-refractivity contribution in [2.24, 2.45) is 0 Å². The zero-order valence-corrected chi connectivity index (χ0v) is 22.0. The Morgan fingerprint density at radius 2 is 1.73 bits per heavy atom. The van der Waals surface area contributed by atoms with Crippen LogP contribution in [-0.4, -0.2) is 68.8 Å². The Morgan fingerprint density at radius 1 is 1.02 bits per heavy atom. The molecule has 0 aromatic heterocycles. The van der Waals surface area contributed by atoms with Crippen LogP contribution < -0.4 is 10.6 Å². The number of carbonyl (C=O) groups is 3. The zero-order chi connectivity index (χ0) is 28.8. The number of phenols is 1. The van der Waals surface area contributed by atoms with Gasteiger partial charge in [0.1, 0.15) is 17.6 Å². The topological polar surface area (TPSA) is 139 Å². The molecule has 9 nitrogen and oxygen atoms in total. The number of likely N-dealkylation sites (tertiary alicyclic amines) is 1. The number of benzene rings is 3. The Hall–Kier alpha value is -4.28. The molecular weight excluding hydrogens is 517 g/mol. The van der Waals surface area contributed by atoms with Gasteiger partial charge >= 0.3 is 0 Å². The van der Waals surface area contributed by atoms with Gasteiger partial charge in [0, 0.05) is 30.6 Å². The Labute approximate surface area is 231 Å². The van der Waals surface area contributed by atoms with Crippen molar-refractivity contribution < 1.29 is 34.1 Å². The molecule has 3 amide bonds. The smallest absolute Gasteiger partial charge is 0.254 e. The quantitative estimate of drug-likeness (QED) is 0.276. The third-order valence-corrected chi connectivity index (χ3v) is 7.02. The molecule has 1 saturated heterocycles. The molecule has 4 atom stereocenters. The van der Waals surface area contributed by atoms with E-state index < -0.39 is 47.8 Å². The Kier molecular flexibility index (Phi) is 9.13. The molecule has 1 aliphatic rings. The Morgan fingerprint density at radius 3 is 2.45 bits per heavy atom. The molecule has 5 N–H and O–H groups in total. The summed E-state index contributed by atoms with van der Waals surface area (Å²) < 4.78 is 13.5. The molecule has 0 aliphatic carbocycles. The number of halogens is 1. The van der Waals surface area contributed by atoms with Crippen LogP contribution in [0.15, 0.2) is 72.8 Å². The SMILES string of the molecule is Cc1c(O)cccc1C(=O)N[C@@H](Cc1ccccc1)[C@H](O)C(=O)N1C[C@H](O)C[C@H]1C(=O)NCc1cccc(F)c1. The molecule has 3 aromatic carbocycles. The third-order valence-electron chi connectivity index (χ3n) is 7.02. The van der Waals surface area contributed by atoms with Gasteiger partial charge in [0.05, 0.1) is 12.1 Å². The van der Waals surface area contributed by atoms with Crippen LogP contribution >= 0.6 is 0 Å². The summed E-state index contributed by atoms with van der Waals surface area (Å²) in [6, 6.07) is 17.0. The predicted octanol–water partition coefficient (Wildman–Crippen LogP) is 1.82. The number of aliphatic hydroxyl groups excluding tert-OH is 2. The van der Waals surface area contributed by atoms with E-state index in [2.05, 4.69) is 10.6 Å². The summed E-state index contributed by atoms with van der Waals surface area (Å²) in [6.07, 6.45) is -2.67. The highest BCUT2D eigenvalue weighted by atomic mass is 19.1. The van der Waals surface area contributed by atoms with Gasteiger partial charge in [-0.15, -0.1) is 0 Å². The van der Waals surface area contributed by atoms with Crippen molar-refractivity contribution in [2.45, 2.75) is 50.6 Å². The summed E-state index contributed by atoms with van der Waals surface area (Å²) in [4.78, 5) is 40.8. The molecule has 40 heavy (non-hydrogen) atoms. The van der Waals surface area contributed by atoms with E-state index in [1.807, 2.05) is 6.07 Å². The minimum atomic E-state index is -1.74. The fourth-order valence-corrected chi connectivity index (χ4v) is 4.83. The Balaban J connectivity index is 1.52. The molecule has 0 unspecified atom stereocenters. The average molecular weight is 550 g/mol. The number of rotatable bonds is 9. The molecule has 0 saturated carbocycles. The first-order valence-electron chi connectivity index (χ1n) is 13.0. The lowest BCUT2D eigenvalue weighted by molar-refractivity contribution is -0.146. The van der Waals surface area contributed by atoms with Gasteiger partial charge in [0.2, 0.25) is 5.91 Å². The largest absolute Gasteiger partial charge is 0.508 e. The second-order valence-electron chi connectivity index (χ2n) is 9.91. The maximum atomic E-state index is 13.5. The minimum absolute atomic E-state index is 0.0176. The Bertz CT molecular complexity index is 1370. The van der Waals surface area contributed by atoms with E-state index in [9.17, 15) is 34.1 Å². The van der Waals surface area contributed by atoms with E-state index in [1.165, 1.54) is 36.4 Å². The third kappa shape index (κ3) is 6.83. The van der Waals surface area contributed by atoms with Crippen LogP contribution in [0.5, 0.6) is 5.75 Å². The normalized spacial score (nSPS) is 18.1. The van der Waals surface area contributed by atoms with E-state index in [1.54, 1.807) is 37.3 Å². The molecule has 1 fully saturated rings. The minimum Gasteiger partial charge on any atom is -0.508 e. The second-order valence-corrected chi connectivity index (χ2v) is 9.91. The second kappa shape index (κ2) is 12.7. The lowest BCUT2D eigenvalue weighted by Gasteiger charge is -2.30. The van der Waals surface area contributed by atoms with Gasteiger partial charge in [-0.3, -0.25) is 14.4 Å². The van der Waals surface area contributed by atoms with Crippen LogP contribution in [0.4, 0.5) is 4.39 Å². The van der Waals surface area contributed by atoms with Crippen LogP contribution in [0.25, 0.3) is 0 Å². The lowest BCUT2D eigenvalue weighted by atomic mass is 9.98. The van der Waals surface area contributed by atoms with Crippen LogP contribution in [0, 0.1) is 12.7 Å². The highest BCUT2D eigenvalue weighted by Gasteiger charge is 2.42. The number of aliphatic hydroxyl groups is 2. The summed E-state index contributed by atoms with van der Waals surface area (Å²) in [5, 5.41) is 36.9. The molecule has 3 aromatic rings. The highest BCUT2D eigenvalue weighted by molar-refractivity contribution is 5.97. The van der Waals surface area contributed by atoms with Crippen molar-refractivity contribution in [1.82, 2.24) is 15.5 Å². The molecule has 1 aliphatic heterocycles. The molecule has 0 spiro atoms. The number of aromatic hydroxyl groups is 1. The van der Waals surface area contributed by atoms with Gasteiger partial charge in [0.25, 0.3) is 11.8 Å². The molecule has 10 heteroatoms. The molecule has 1 heterocycles. The van der Waals surface area contributed by atoms with Crippen molar-refractivity contribution in [3.8, 4) is 5.75 Å². The highest BCUT2D eigenvalue weighted by Crippen LogP contribution is 2.23. The van der Waals surface area contributed by atoms with E-state index in [0.717, 1.165) is 10.5 Å². The standard InChI is InChI=1S/C30H32FN3O6/c1-18-23(11-6-12-26(18)36)28(38)33-24(14-19-7-3-2-4-8-19)27(37)30(40)34-17-22(35)15-25(34)29(39)32-16-20-9-5-10-21(31)13-20/h2-13,22,24-25,27,35-37H,14-17H2,1H3,(H,32,39)(H,33,38)/t22-,24+,25+,27+/m1/s1. The van der Waals surface area contributed by atoms with Gasteiger partial charge in [-0.05, 0) is 48.7 Å². The van der Waals surface area contributed by atoms with Gasteiger partial charge in [-0.1, -0.05) is 48.5 Å². The molecule has 4 rings (SSSR count). The monoisotopic (exact) mass is 549 g/mol. The van der Waals surface area contributed by atoms with Crippen LogP contribution in [0.1, 0.15) is 33.5 Å². The zero-order valence-electron chi connectivity index (χ0n) is 22.0. The first-order chi connectivity index (χ1) is 19.1. The number of nitrogens with one attached hydrogen (secondary N) is 2. The van der Waals surface area contributed by atoms with Gasteiger partial charge in [0.15, 0.2) is 6.10 Å². The van der Waals surface area contributed by atoms with Crippen molar-refractivity contribution in [3.05, 3.63) is 101 Å². The number of hydrogen-bond donors (Lipinski definition) is 5. The fourth-order valence-electron chi connectivity index (χ4n) is 4.83. The number of amides is 3. The fraction of sp³-hybridized carbons (Fsp3) is 0.300. The molecule has 0 radical (unpaired) electrons. The van der Waals surface area contributed by atoms with E-state index in [-0.39, 0.29) is 37.2 Å². The first-order valence-corrected chi connectivity index (χ1v) is 13.0. The predicted molar refractivity (Wildman–Crippen MR) is 145 cm³/mol. The molecule has 210 valence electrons. The number of β-amino-alcohol motifs (C(OH)–C–C–N with tert-alkyl or cyclic N) is 1. The van der Waals surface area contributed by atoms with Crippen LogP contribution in [0.3, 0.4) is 0 Å². The maximum Gasteiger partial charge on any atom is 0.254 e. The molecular formula is C30H32FN3O6. The first kappa shape index (κ1) is 28.7. The van der Waals surface area contributed by atoms with E-state index >= 15 is 0 Å². The van der Waals surface area contributed by atoms with Gasteiger partial charge in [-0.2, -0.15) is 0 Å². The number of hydrogen-bond acceptors (Lipinski definition) is 6. The summed E-state index contributed by atoms with van der Waals surface area (Å²) in [7, 11) is 0. The van der Waals surface area contributed by atoms with Crippen LogP contribution in [0.2, 0.25) is 0 Å². The summed E-state index contributed by atoms with van der Waals surface area (Å²) in [5.41, 5.74) is 1.80. The summed E-state index contributed by atoms with van der Waals surface area (Å²) in [5.74, 6) is -2.49. The van der Waals surface area contributed by atoms with Crippen LogP contribution in [-0.2, 0) is 22.6 Å². The summed E-state index contributed by atoms with van der Waals surface area (Å²) in [6.45, 7) is 1.42. The maximum absolute atomic E-state index is 13.5. The van der Waals surface area contributed by atoms with Crippen molar-refractivity contribution >= 4 is 17.7 Å². The van der Waals surface area contributed by atoms with Crippen molar-refractivity contribution in [2.75, 3.05) is 6.54 Å². The van der Waals surface area contributed by atoms with E-state index in [0.29, 0.717) is 11.1 Å². The van der Waals surface area contributed by atoms with E-state index in [4.69, 9.17) is 0 Å². The van der Waals surface area contributed by atoms with Gasteiger partial charge < -0.3 is 30.9 Å².